The minimum Gasteiger partial charge on any atom is -0.480 e. The van der Waals surface area contributed by atoms with E-state index >= 15 is 0 Å². The summed E-state index contributed by atoms with van der Waals surface area (Å²) in [7, 11) is -4.64. The van der Waals surface area contributed by atoms with Crippen molar-refractivity contribution in [2.45, 2.75) is 34.3 Å². The molecule has 14 nitrogen and oxygen atoms in total. The van der Waals surface area contributed by atoms with Gasteiger partial charge in [-0.2, -0.15) is 4.72 Å². The van der Waals surface area contributed by atoms with Gasteiger partial charge in [-0.15, -0.1) is 11.8 Å². The number of para-hydroxylation sites is 2. The monoisotopic (exact) mass is 770 g/mol. The van der Waals surface area contributed by atoms with E-state index in [-0.39, 0.29) is 31.3 Å². The maximum atomic E-state index is 13.5. The van der Waals surface area contributed by atoms with Crippen molar-refractivity contribution in [3.63, 3.8) is 0 Å². The Bertz CT molecular complexity index is 2320. The highest BCUT2D eigenvalue weighted by molar-refractivity contribution is 7.99. The zero-order valence-corrected chi connectivity index (χ0v) is 30.1. The lowest BCUT2D eigenvalue weighted by Gasteiger charge is -2.19. The molecule has 54 heavy (non-hydrogen) atoms. The average Bonchev–Trinajstić information content (AvgIpc) is 3.68. The van der Waals surface area contributed by atoms with E-state index in [0.717, 1.165) is 46.1 Å². The molecule has 1 heterocycles. The number of nitrogens with one attached hydrogen (secondary N) is 3. The number of alkyl carbamates (subject to hydrolysis) is 1. The third kappa shape index (κ3) is 8.15. The van der Waals surface area contributed by atoms with Crippen LogP contribution in [0.3, 0.4) is 0 Å². The molecule has 5 aromatic rings. The number of nitro benzene ring substituents is 1. The Balaban J connectivity index is 1.20. The van der Waals surface area contributed by atoms with Crippen LogP contribution in [0.15, 0.2) is 120 Å². The Labute approximate surface area is 313 Å². The van der Waals surface area contributed by atoms with E-state index < -0.39 is 55.6 Å². The first-order valence-electron chi connectivity index (χ1n) is 16.6. The van der Waals surface area contributed by atoms with Crippen molar-refractivity contribution < 1.29 is 42.3 Å². The quantitative estimate of drug-likeness (QED) is 0.0311. The number of nitro groups is 1. The fourth-order valence-corrected chi connectivity index (χ4v) is 8.80. The molecule has 0 fully saturated rings. The molecule has 1 amide bonds. The average molecular weight is 771 g/mol. The molecule has 0 saturated carbocycles. The number of thioether (sulfide) groups is 1. The molecule has 0 radical (unpaired) electrons. The smallest absolute Gasteiger partial charge is 0.407 e. The second-order valence-electron chi connectivity index (χ2n) is 12.2. The highest BCUT2D eigenvalue weighted by Gasteiger charge is 2.34. The molecule has 0 aliphatic heterocycles. The van der Waals surface area contributed by atoms with Gasteiger partial charge in [0.2, 0.25) is 10.0 Å². The number of carboxylic acids is 1. The van der Waals surface area contributed by atoms with E-state index in [4.69, 9.17) is 9.47 Å². The number of carbonyl (C=O) groups excluding carboxylic acids is 2. The maximum Gasteiger partial charge on any atom is 0.407 e. The lowest BCUT2D eigenvalue weighted by molar-refractivity contribution is -0.387. The lowest BCUT2D eigenvalue weighted by Crippen LogP contribution is -2.43. The number of carboxylic acid groups (broad SMARTS) is 1. The molecule has 0 unspecified atom stereocenters. The standard InChI is InChI=1S/C38H34N4O10S2/c1-2-19-51-37(45)31(41-54(49,50)34-18-10-9-17-33(34)42(47)48)20-28-27-15-7-8-16-30(27)39-35(28)53-22-32(36(43)44)40-38(46)52-21-29-25-13-5-3-11-23(25)24-12-4-6-14-26(24)29/h2-18,29,31-32,39,41H,1,19-22H2,(H,40,46)(H,43,44)/t31-,32+/m0/s1. The van der Waals surface area contributed by atoms with Crippen LogP contribution in [0.2, 0.25) is 0 Å². The van der Waals surface area contributed by atoms with Gasteiger partial charge in [-0.3, -0.25) is 14.9 Å². The summed E-state index contributed by atoms with van der Waals surface area (Å²) in [5.41, 5.74) is 4.44. The van der Waals surface area contributed by atoms with Crippen LogP contribution in [-0.4, -0.2) is 72.5 Å². The van der Waals surface area contributed by atoms with Gasteiger partial charge in [-0.05, 0) is 39.9 Å². The number of nitrogens with zero attached hydrogens (tertiary/aromatic N) is 1. The second-order valence-corrected chi connectivity index (χ2v) is 14.9. The molecule has 16 heteroatoms. The van der Waals surface area contributed by atoms with Gasteiger partial charge in [0.15, 0.2) is 4.90 Å². The van der Waals surface area contributed by atoms with Crippen LogP contribution in [0.4, 0.5) is 10.5 Å². The SMILES string of the molecule is C=CCOC(=O)[C@H](Cc1c(SC[C@@H](NC(=O)OCC2c3ccccc3-c3ccccc32)C(=O)O)[nH]c2ccccc12)NS(=O)(=O)c1ccccc1[N+](=O)[O-]. The molecule has 0 saturated heterocycles. The Kier molecular flexibility index (Phi) is 11.4. The molecule has 2 atom stereocenters. The lowest BCUT2D eigenvalue weighted by atomic mass is 9.98. The molecular weight excluding hydrogens is 737 g/mol. The molecule has 6 rings (SSSR count). The number of aromatic amines is 1. The molecule has 1 aliphatic carbocycles. The van der Waals surface area contributed by atoms with Crippen molar-refractivity contribution in [1.29, 1.82) is 0 Å². The summed E-state index contributed by atoms with van der Waals surface area (Å²) in [6.07, 6.45) is 0.0875. The minimum atomic E-state index is -4.64. The number of sulfonamides is 1. The fraction of sp³-hybridized carbons (Fsp3) is 0.184. The molecule has 4 aromatic carbocycles. The van der Waals surface area contributed by atoms with E-state index in [1.54, 1.807) is 24.3 Å². The third-order valence-corrected chi connectivity index (χ3v) is 11.4. The molecular formula is C38H34N4O10S2. The first kappa shape index (κ1) is 37.8. The Hall–Kier alpha value is -5.97. The summed E-state index contributed by atoms with van der Waals surface area (Å²) in [5.74, 6) is -2.71. The number of benzene rings is 4. The van der Waals surface area contributed by atoms with Gasteiger partial charge in [-0.25, -0.2) is 18.0 Å². The number of aromatic nitrogens is 1. The van der Waals surface area contributed by atoms with Crippen LogP contribution >= 0.6 is 11.8 Å². The summed E-state index contributed by atoms with van der Waals surface area (Å²) in [4.78, 5) is 52.0. The van der Waals surface area contributed by atoms with Crippen molar-refractivity contribution in [3.05, 3.63) is 137 Å². The summed E-state index contributed by atoms with van der Waals surface area (Å²) >= 11 is 1.03. The van der Waals surface area contributed by atoms with Crippen LogP contribution in [0.25, 0.3) is 22.0 Å². The zero-order chi connectivity index (χ0) is 38.4. The van der Waals surface area contributed by atoms with Gasteiger partial charge in [0, 0.05) is 35.1 Å². The second kappa shape index (κ2) is 16.4. The number of esters is 1. The van der Waals surface area contributed by atoms with Crippen LogP contribution in [0.1, 0.15) is 22.6 Å². The van der Waals surface area contributed by atoms with Gasteiger partial charge in [0.1, 0.15) is 25.3 Å². The predicted molar refractivity (Wildman–Crippen MR) is 201 cm³/mol. The van der Waals surface area contributed by atoms with Crippen molar-refractivity contribution in [3.8, 4) is 11.1 Å². The zero-order valence-electron chi connectivity index (χ0n) is 28.5. The highest BCUT2D eigenvalue weighted by atomic mass is 32.2. The van der Waals surface area contributed by atoms with E-state index in [1.807, 2.05) is 48.5 Å². The highest BCUT2D eigenvalue weighted by Crippen LogP contribution is 2.44. The summed E-state index contributed by atoms with van der Waals surface area (Å²) in [6.45, 7) is 3.26. The molecule has 4 N–H and O–H groups in total. The fourth-order valence-electron chi connectivity index (χ4n) is 6.33. The molecule has 1 aromatic heterocycles. The number of fused-ring (bicyclic) bond motifs is 4. The van der Waals surface area contributed by atoms with Gasteiger partial charge in [-0.1, -0.05) is 91.5 Å². The third-order valence-electron chi connectivity index (χ3n) is 8.79. The number of H-pyrrole nitrogens is 1. The molecule has 0 spiro atoms. The van der Waals surface area contributed by atoms with Crippen LogP contribution in [0, 0.1) is 10.1 Å². The topological polar surface area (TPSA) is 207 Å². The normalized spacial score (nSPS) is 13.3. The van der Waals surface area contributed by atoms with Gasteiger partial charge < -0.3 is 24.9 Å². The van der Waals surface area contributed by atoms with Crippen LogP contribution < -0.4 is 10.0 Å². The summed E-state index contributed by atoms with van der Waals surface area (Å²) in [6, 6.07) is 24.3. The van der Waals surface area contributed by atoms with E-state index in [9.17, 15) is 38.0 Å². The van der Waals surface area contributed by atoms with Gasteiger partial charge >= 0.3 is 18.0 Å². The minimum absolute atomic E-state index is 0.0170. The Morgan fingerprint density at radius 3 is 2.22 bits per heavy atom. The first-order valence-corrected chi connectivity index (χ1v) is 19.0. The van der Waals surface area contributed by atoms with Crippen molar-refractivity contribution in [2.24, 2.45) is 0 Å². The van der Waals surface area contributed by atoms with Crippen molar-refractivity contribution >= 4 is 56.4 Å². The molecule has 278 valence electrons. The number of carbonyl (C=O) groups is 3. The molecule has 1 aliphatic rings. The summed E-state index contributed by atoms with van der Waals surface area (Å²) in [5, 5.41) is 25.1. The van der Waals surface area contributed by atoms with Crippen molar-refractivity contribution in [2.75, 3.05) is 19.0 Å². The number of amides is 1. The van der Waals surface area contributed by atoms with Gasteiger partial charge in [0.25, 0.3) is 5.69 Å². The first-order chi connectivity index (χ1) is 26.0. The number of hydrogen-bond donors (Lipinski definition) is 4. The Morgan fingerprint density at radius 1 is 0.926 bits per heavy atom. The summed E-state index contributed by atoms with van der Waals surface area (Å²) < 4.78 is 40.0. The number of rotatable bonds is 16. The number of aliphatic carboxylic acids is 1. The van der Waals surface area contributed by atoms with E-state index in [2.05, 4.69) is 21.6 Å². The van der Waals surface area contributed by atoms with Crippen LogP contribution in [-0.2, 0) is 35.5 Å². The van der Waals surface area contributed by atoms with E-state index in [0.29, 0.717) is 21.5 Å². The number of ether oxygens (including phenoxy) is 2. The van der Waals surface area contributed by atoms with Crippen LogP contribution in [0.5, 0.6) is 0 Å². The van der Waals surface area contributed by atoms with Gasteiger partial charge in [0.05, 0.1) is 9.95 Å². The maximum absolute atomic E-state index is 13.5. The largest absolute Gasteiger partial charge is 0.480 e. The molecule has 0 bridgehead atoms. The number of hydrogen-bond acceptors (Lipinski definition) is 10. The Morgan fingerprint density at radius 2 is 1.56 bits per heavy atom. The van der Waals surface area contributed by atoms with E-state index in [1.165, 1.54) is 18.2 Å². The van der Waals surface area contributed by atoms with Crippen molar-refractivity contribution in [1.82, 2.24) is 15.0 Å². The predicted octanol–water partition coefficient (Wildman–Crippen LogP) is 5.78.